The predicted molar refractivity (Wildman–Crippen MR) is 54.6 cm³/mol. The van der Waals surface area contributed by atoms with E-state index in [1.165, 1.54) is 22.1 Å². The summed E-state index contributed by atoms with van der Waals surface area (Å²) in [5, 5.41) is 0. The Morgan fingerprint density at radius 3 is 2.40 bits per heavy atom. The molecule has 0 heterocycles. The molecule has 0 unspecified atom stereocenters. The maximum absolute atomic E-state index is 4.95. The third kappa shape index (κ3) is 3.79. The van der Waals surface area contributed by atoms with E-state index in [4.69, 9.17) is 12.2 Å². The number of nitrogens with zero attached hydrogens (tertiary/aromatic N) is 1. The van der Waals surface area contributed by atoms with Crippen molar-refractivity contribution < 1.29 is 0 Å². The van der Waals surface area contributed by atoms with Crippen LogP contribution >= 0.6 is 12.2 Å². The highest BCUT2D eigenvalue weighted by Gasteiger charge is 1.93. The molecule has 0 aliphatic carbocycles. The van der Waals surface area contributed by atoms with E-state index in [-0.39, 0.29) is 0 Å². The molecule has 1 nitrogen and oxygen atoms in total. The molecule has 0 aromatic carbocycles. The van der Waals surface area contributed by atoms with Crippen molar-refractivity contribution in [2.75, 3.05) is 13.2 Å². The molecular formula is C7H15NSSi. The molecule has 0 rings (SSSR count). The number of allylic oxidation sites excluding steroid dienone is 2. The zero-order chi connectivity index (χ0) is 8.15. The summed E-state index contributed by atoms with van der Waals surface area (Å²) < 4.78 is 0. The fraction of sp³-hybridized carbons (Fsp3) is 0.571. The first-order valence-corrected chi connectivity index (χ1v) is 5.30. The van der Waals surface area contributed by atoms with E-state index in [1.807, 2.05) is 13.0 Å². The number of thiocarbonyl (C=S) groups is 1. The lowest BCUT2D eigenvalue weighted by Crippen LogP contribution is -2.17. The van der Waals surface area contributed by atoms with Crippen LogP contribution in [0, 0.1) is 0 Å². The Bertz CT molecular complexity index is 154. The molecule has 0 saturated carbocycles. The summed E-state index contributed by atoms with van der Waals surface area (Å²) >= 11 is 4.95. The summed E-state index contributed by atoms with van der Waals surface area (Å²) in [6.45, 7) is 4.04. The van der Waals surface area contributed by atoms with E-state index in [0.29, 0.717) is 0 Å². The van der Waals surface area contributed by atoms with Crippen molar-refractivity contribution in [3.63, 3.8) is 0 Å². The zero-order valence-corrected chi connectivity index (χ0v) is 9.96. The zero-order valence-electron chi connectivity index (χ0n) is 7.14. The van der Waals surface area contributed by atoms with Crippen LogP contribution in [0.15, 0.2) is 11.8 Å². The lowest BCUT2D eigenvalue weighted by molar-refractivity contribution is 0.490. The van der Waals surface area contributed by atoms with Gasteiger partial charge in [0.2, 0.25) is 0 Å². The lowest BCUT2D eigenvalue weighted by Gasteiger charge is -2.16. The van der Waals surface area contributed by atoms with Gasteiger partial charge in [0.15, 0.2) is 0 Å². The van der Waals surface area contributed by atoms with Gasteiger partial charge in [0, 0.05) is 34.0 Å². The van der Waals surface area contributed by atoms with Crippen LogP contribution in [0.25, 0.3) is 0 Å². The molecule has 0 atom stereocenters. The Kier molecular flexibility index (Phi) is 4.56. The Labute approximate surface area is 71.5 Å². The lowest BCUT2D eigenvalue weighted by atomic mass is 10.3. The van der Waals surface area contributed by atoms with Crippen molar-refractivity contribution in [2.24, 2.45) is 0 Å². The summed E-state index contributed by atoms with van der Waals surface area (Å²) in [6.07, 6.45) is 3.21. The maximum atomic E-state index is 4.95. The van der Waals surface area contributed by atoms with Crippen molar-refractivity contribution in [1.82, 2.24) is 4.90 Å². The summed E-state index contributed by atoms with van der Waals surface area (Å²) in [4.78, 5) is 3.18. The van der Waals surface area contributed by atoms with Crippen LogP contribution in [0.5, 0.6) is 0 Å². The van der Waals surface area contributed by atoms with Gasteiger partial charge >= 0.3 is 0 Å². The van der Waals surface area contributed by atoms with Crippen molar-refractivity contribution >= 4 is 27.3 Å². The average Bonchev–Trinajstić information content (AvgIpc) is 1.85. The molecule has 58 valence electrons. The third-order valence-corrected chi connectivity index (χ3v) is 2.56. The predicted octanol–water partition coefficient (Wildman–Crippen LogP) is 0.535. The van der Waals surface area contributed by atoms with E-state index in [9.17, 15) is 0 Å². The van der Waals surface area contributed by atoms with Gasteiger partial charge in [0.1, 0.15) is 0 Å². The SMILES string of the molecule is CC(=S)/C=C(/C)N(C)C[SiH3]. The van der Waals surface area contributed by atoms with Crippen molar-refractivity contribution in [1.29, 1.82) is 0 Å². The Morgan fingerprint density at radius 1 is 1.60 bits per heavy atom. The Hall–Kier alpha value is -0.153. The Morgan fingerprint density at radius 2 is 2.10 bits per heavy atom. The van der Waals surface area contributed by atoms with Crippen molar-refractivity contribution in [3.05, 3.63) is 11.8 Å². The van der Waals surface area contributed by atoms with E-state index < -0.39 is 0 Å². The summed E-state index contributed by atoms with van der Waals surface area (Å²) in [5.74, 6) is 0. The van der Waals surface area contributed by atoms with E-state index >= 15 is 0 Å². The maximum Gasteiger partial charge on any atom is 0.0271 e. The number of rotatable bonds is 3. The number of hydrogen-bond acceptors (Lipinski definition) is 2. The van der Waals surface area contributed by atoms with Gasteiger partial charge in [-0.2, -0.15) is 0 Å². The molecule has 0 aromatic rings. The minimum atomic E-state index is 0.958. The second-order valence-electron chi connectivity index (χ2n) is 2.41. The smallest absolute Gasteiger partial charge is 0.0271 e. The van der Waals surface area contributed by atoms with E-state index in [1.54, 1.807) is 0 Å². The molecule has 0 aliphatic rings. The van der Waals surface area contributed by atoms with Crippen LogP contribution < -0.4 is 0 Å². The minimum Gasteiger partial charge on any atom is -0.382 e. The second kappa shape index (κ2) is 4.63. The summed E-state index contributed by atoms with van der Waals surface area (Å²) in [6, 6.07) is 0. The summed E-state index contributed by atoms with van der Waals surface area (Å²) in [5.41, 5.74) is 1.27. The van der Waals surface area contributed by atoms with Crippen molar-refractivity contribution in [2.45, 2.75) is 13.8 Å². The third-order valence-electron chi connectivity index (χ3n) is 1.49. The fourth-order valence-corrected chi connectivity index (χ4v) is 1.32. The first kappa shape index (κ1) is 9.85. The van der Waals surface area contributed by atoms with Crippen LogP contribution in [0.3, 0.4) is 0 Å². The molecule has 0 bridgehead atoms. The van der Waals surface area contributed by atoms with Gasteiger partial charge < -0.3 is 4.90 Å². The highest BCUT2D eigenvalue weighted by atomic mass is 32.1. The largest absolute Gasteiger partial charge is 0.382 e. The molecule has 10 heavy (non-hydrogen) atoms. The molecular weight excluding hydrogens is 158 g/mol. The summed E-state index contributed by atoms with van der Waals surface area (Å²) in [7, 11) is 3.31. The van der Waals surface area contributed by atoms with Crippen LogP contribution in [-0.2, 0) is 0 Å². The molecule has 0 spiro atoms. The van der Waals surface area contributed by atoms with Gasteiger partial charge in [-0.05, 0) is 19.9 Å². The van der Waals surface area contributed by atoms with E-state index in [2.05, 4.69) is 18.9 Å². The first-order valence-electron chi connectivity index (χ1n) is 3.48. The molecule has 0 aliphatic heterocycles. The highest BCUT2D eigenvalue weighted by molar-refractivity contribution is 7.80. The van der Waals surface area contributed by atoms with Gasteiger partial charge in [0.05, 0.1) is 0 Å². The minimum absolute atomic E-state index is 0.958. The normalized spacial score (nSPS) is 11.7. The van der Waals surface area contributed by atoms with Crippen LogP contribution in [-0.4, -0.2) is 33.2 Å². The van der Waals surface area contributed by atoms with Crippen LogP contribution in [0.4, 0.5) is 0 Å². The molecule has 0 amide bonds. The molecule has 0 N–H and O–H groups in total. The van der Waals surface area contributed by atoms with E-state index in [0.717, 1.165) is 4.86 Å². The molecule has 0 radical (unpaired) electrons. The molecule has 0 aromatic heterocycles. The van der Waals surface area contributed by atoms with Gasteiger partial charge in [-0.25, -0.2) is 0 Å². The quantitative estimate of drug-likeness (QED) is 0.348. The standard InChI is InChI=1S/C7H15NSSi/c1-6(4-7(2)9)8(3)5-10/h4H,5H2,1-3,10H3/b6-4-. The Balaban J connectivity index is 4.04. The number of hydrogen-bond donors (Lipinski definition) is 0. The monoisotopic (exact) mass is 173 g/mol. The first-order chi connectivity index (χ1) is 4.57. The molecule has 0 fully saturated rings. The average molecular weight is 173 g/mol. The molecule has 0 saturated heterocycles. The van der Waals surface area contributed by atoms with Crippen molar-refractivity contribution in [3.8, 4) is 0 Å². The molecule has 3 heteroatoms. The highest BCUT2D eigenvalue weighted by Crippen LogP contribution is 1.98. The van der Waals surface area contributed by atoms with Gasteiger partial charge in [-0.1, -0.05) is 12.2 Å². The fourth-order valence-electron chi connectivity index (χ4n) is 0.654. The van der Waals surface area contributed by atoms with Crippen LogP contribution in [0.2, 0.25) is 0 Å². The van der Waals surface area contributed by atoms with Gasteiger partial charge in [0.25, 0.3) is 0 Å². The van der Waals surface area contributed by atoms with Gasteiger partial charge in [-0.3, -0.25) is 0 Å². The second-order valence-corrected chi connectivity index (χ2v) is 3.69. The van der Waals surface area contributed by atoms with Gasteiger partial charge in [-0.15, -0.1) is 0 Å². The topological polar surface area (TPSA) is 3.24 Å². The van der Waals surface area contributed by atoms with Crippen LogP contribution in [0.1, 0.15) is 13.8 Å².